The van der Waals surface area contributed by atoms with Crippen LogP contribution >= 0.6 is 11.3 Å². The van der Waals surface area contributed by atoms with Crippen molar-refractivity contribution < 1.29 is 15.4 Å². The van der Waals surface area contributed by atoms with E-state index < -0.39 is 23.3 Å². The number of rotatable bonds is 6. The van der Waals surface area contributed by atoms with Crippen molar-refractivity contribution in [2.24, 2.45) is 0 Å². The van der Waals surface area contributed by atoms with Crippen LogP contribution in [0.15, 0.2) is 78.2 Å². The Morgan fingerprint density at radius 2 is 1.33 bits per heavy atom. The van der Waals surface area contributed by atoms with Crippen molar-refractivity contribution in [1.29, 1.82) is 0 Å². The number of carbonyl (C=O) groups is 1. The van der Waals surface area contributed by atoms with Crippen molar-refractivity contribution in [3.8, 4) is 11.5 Å². The first-order valence-corrected chi connectivity index (χ1v) is 14.2. The molecule has 0 N–H and O–H groups in total. The Balaban J connectivity index is 1.52. The molecular formula is C25H19GaN2O4S. The van der Waals surface area contributed by atoms with Gasteiger partial charge in [-0.05, 0) is 0 Å². The number of hydrogen-bond donors (Lipinski definition) is 0. The van der Waals surface area contributed by atoms with E-state index in [1.54, 1.807) is 12.1 Å². The zero-order valence-electron chi connectivity index (χ0n) is 18.0. The second kappa shape index (κ2) is 9.26. The van der Waals surface area contributed by atoms with Gasteiger partial charge in [0.2, 0.25) is 0 Å². The first kappa shape index (κ1) is 21.5. The van der Waals surface area contributed by atoms with Gasteiger partial charge < -0.3 is 0 Å². The molecule has 162 valence electrons. The van der Waals surface area contributed by atoms with Crippen molar-refractivity contribution in [3.63, 3.8) is 0 Å². The van der Waals surface area contributed by atoms with Gasteiger partial charge in [-0.3, -0.25) is 0 Å². The number of thiophene rings is 1. The van der Waals surface area contributed by atoms with E-state index in [0.717, 1.165) is 22.2 Å². The monoisotopic (exact) mass is 512 g/mol. The van der Waals surface area contributed by atoms with Gasteiger partial charge in [-0.1, -0.05) is 0 Å². The van der Waals surface area contributed by atoms with Gasteiger partial charge in [0.05, 0.1) is 0 Å². The number of hydrogen-bond acceptors (Lipinski definition) is 7. The van der Waals surface area contributed by atoms with E-state index in [4.69, 9.17) is 10.6 Å². The number of pyridine rings is 2. The third-order valence-electron chi connectivity index (χ3n) is 5.02. The number of carbonyl (C=O) groups excluding carboxylic acids is 1. The van der Waals surface area contributed by atoms with Crippen LogP contribution in [0.2, 0.25) is 0 Å². The van der Waals surface area contributed by atoms with Crippen molar-refractivity contribution >= 4 is 56.4 Å². The number of aryl methyl sites for hydroxylation is 2. The van der Waals surface area contributed by atoms with Crippen LogP contribution in [0.25, 0.3) is 21.8 Å². The first-order chi connectivity index (χ1) is 16.1. The summed E-state index contributed by atoms with van der Waals surface area (Å²) in [6, 6.07) is 22.7. The standard InChI is InChI=1S/2C10H9NO.C5H4O2S.Ga/c2*1-7-5-6-8-3-2-4-9(12)10(8)11-7;6-5(7)4-2-1-3-8-4;/h2*2-6,12H,1H3;1-3H,(H,6,7);/q;;;+3/p-3. The molecule has 0 radical (unpaired) electrons. The quantitative estimate of drug-likeness (QED) is 0.269. The molecule has 6 nitrogen and oxygen atoms in total. The van der Waals surface area contributed by atoms with E-state index in [-0.39, 0.29) is 0 Å². The van der Waals surface area contributed by atoms with Crippen LogP contribution in [0.1, 0.15) is 21.1 Å². The summed E-state index contributed by atoms with van der Waals surface area (Å²) in [7, 11) is 0. The zero-order valence-corrected chi connectivity index (χ0v) is 21.3. The third kappa shape index (κ3) is 4.73. The van der Waals surface area contributed by atoms with E-state index in [0.29, 0.717) is 27.4 Å². The van der Waals surface area contributed by atoms with Crippen LogP contribution < -0.4 is 7.06 Å². The van der Waals surface area contributed by atoms with Gasteiger partial charge in [-0.15, -0.1) is 0 Å². The van der Waals surface area contributed by atoms with Crippen molar-refractivity contribution in [3.05, 3.63) is 94.4 Å². The predicted molar refractivity (Wildman–Crippen MR) is 130 cm³/mol. The Bertz CT molecular complexity index is 1370. The molecular weight excluding hydrogens is 494 g/mol. The van der Waals surface area contributed by atoms with E-state index >= 15 is 0 Å². The Labute approximate surface area is 201 Å². The molecule has 0 fully saturated rings. The van der Waals surface area contributed by atoms with Gasteiger partial charge in [0.1, 0.15) is 0 Å². The molecule has 8 heteroatoms. The Morgan fingerprint density at radius 1 is 0.758 bits per heavy atom. The molecule has 3 heterocycles. The molecule has 0 aliphatic rings. The fraction of sp³-hybridized carbons (Fsp3) is 0.0800. The summed E-state index contributed by atoms with van der Waals surface area (Å²) < 4.78 is 18.4. The number of aromatic nitrogens is 2. The first-order valence-electron chi connectivity index (χ1n) is 10.4. The van der Waals surface area contributed by atoms with Gasteiger partial charge in [0.25, 0.3) is 0 Å². The number of nitrogens with zero attached hydrogens (tertiary/aromatic N) is 2. The van der Waals surface area contributed by atoms with Crippen LogP contribution in [-0.4, -0.2) is 33.2 Å². The van der Waals surface area contributed by atoms with E-state index in [9.17, 15) is 4.79 Å². The molecule has 2 aromatic carbocycles. The molecule has 0 unspecified atom stereocenters. The fourth-order valence-corrected chi connectivity index (χ4v) is 6.83. The minimum atomic E-state index is -3.66. The SMILES string of the molecule is Cc1ccc2cccc([O][Ga]([O]C(=O)c3cccs3)[O]c3cccc4ccc(C)nc34)c2n1. The van der Waals surface area contributed by atoms with Gasteiger partial charge in [0, 0.05) is 0 Å². The molecule has 3 aromatic heterocycles. The molecule has 33 heavy (non-hydrogen) atoms. The Hall–Kier alpha value is -3.33. The summed E-state index contributed by atoms with van der Waals surface area (Å²) in [5.74, 6) is 0.609. The second-order valence-electron chi connectivity index (χ2n) is 7.47. The average molecular weight is 513 g/mol. The molecule has 0 aliphatic heterocycles. The van der Waals surface area contributed by atoms with Crippen molar-refractivity contribution in [2.75, 3.05) is 0 Å². The molecule has 0 saturated carbocycles. The average Bonchev–Trinajstić information content (AvgIpc) is 3.35. The molecule has 0 spiro atoms. The van der Waals surface area contributed by atoms with E-state index in [1.165, 1.54) is 11.3 Å². The van der Waals surface area contributed by atoms with Crippen molar-refractivity contribution in [2.45, 2.75) is 13.8 Å². The minimum absolute atomic E-state index is 0.455. The zero-order chi connectivity index (χ0) is 22.8. The Morgan fingerprint density at radius 3 is 1.85 bits per heavy atom. The summed E-state index contributed by atoms with van der Waals surface area (Å²) in [6.45, 7) is 3.85. The van der Waals surface area contributed by atoms with Crippen LogP contribution in [0, 0.1) is 13.8 Å². The third-order valence-corrected chi connectivity index (χ3v) is 8.59. The molecule has 0 bridgehead atoms. The maximum atomic E-state index is 12.8. The van der Waals surface area contributed by atoms with E-state index in [2.05, 4.69) is 9.97 Å². The number of benzene rings is 2. The summed E-state index contributed by atoms with van der Waals surface area (Å²) in [5.41, 5.74) is 3.15. The van der Waals surface area contributed by atoms with Crippen LogP contribution in [-0.2, 0) is 3.53 Å². The topological polar surface area (TPSA) is 70.5 Å². The molecule has 0 saturated heterocycles. The summed E-state index contributed by atoms with van der Waals surface area (Å²) in [6.07, 6.45) is 0. The van der Waals surface area contributed by atoms with Gasteiger partial charge in [-0.25, -0.2) is 0 Å². The second-order valence-corrected chi connectivity index (χ2v) is 11.1. The molecule has 0 amide bonds. The normalized spacial score (nSPS) is 10.8. The number of para-hydroxylation sites is 2. The van der Waals surface area contributed by atoms with Gasteiger partial charge in [-0.2, -0.15) is 0 Å². The summed E-state index contributed by atoms with van der Waals surface area (Å²) >= 11 is -2.34. The maximum absolute atomic E-state index is 12.8. The van der Waals surface area contributed by atoms with Gasteiger partial charge >= 0.3 is 202 Å². The Kier molecular flexibility index (Phi) is 6.04. The van der Waals surface area contributed by atoms with Crippen LogP contribution in [0.3, 0.4) is 0 Å². The van der Waals surface area contributed by atoms with Crippen LogP contribution in [0.4, 0.5) is 0 Å². The van der Waals surface area contributed by atoms with E-state index in [1.807, 2.05) is 79.9 Å². The predicted octanol–water partition coefficient (Wildman–Crippen LogP) is 5.76. The molecule has 5 rings (SSSR count). The van der Waals surface area contributed by atoms with Crippen molar-refractivity contribution in [1.82, 2.24) is 9.97 Å². The summed E-state index contributed by atoms with van der Waals surface area (Å²) in [4.78, 5) is 22.5. The molecule has 0 atom stereocenters. The van der Waals surface area contributed by atoms with Gasteiger partial charge in [0.15, 0.2) is 0 Å². The molecule has 5 aromatic rings. The summed E-state index contributed by atoms with van der Waals surface area (Å²) in [5, 5.41) is 3.70. The van der Waals surface area contributed by atoms with Crippen LogP contribution in [0.5, 0.6) is 11.5 Å². The molecule has 0 aliphatic carbocycles. The fourth-order valence-electron chi connectivity index (χ4n) is 3.44. The number of fused-ring (bicyclic) bond motifs is 2.